The Morgan fingerprint density at radius 2 is 2.38 bits per heavy atom. The Labute approximate surface area is 144 Å². The number of aryl methyl sites for hydroxylation is 1. The first-order chi connectivity index (χ1) is 11.7. The molecule has 1 amide bonds. The summed E-state index contributed by atoms with van der Waals surface area (Å²) in [6.07, 6.45) is 3.89. The van der Waals surface area contributed by atoms with Gasteiger partial charge in [-0.15, -0.1) is 0 Å². The van der Waals surface area contributed by atoms with Crippen molar-refractivity contribution >= 4 is 17.7 Å². The predicted octanol–water partition coefficient (Wildman–Crippen LogP) is 2.18. The van der Waals surface area contributed by atoms with Crippen molar-refractivity contribution in [2.45, 2.75) is 39.3 Å². The van der Waals surface area contributed by atoms with E-state index in [1.54, 1.807) is 6.92 Å². The molecule has 0 unspecified atom stereocenters. The Hall–Kier alpha value is -2.53. The van der Waals surface area contributed by atoms with Crippen LogP contribution >= 0.6 is 11.6 Å². The molecule has 0 radical (unpaired) electrons. The van der Waals surface area contributed by atoms with E-state index in [2.05, 4.69) is 21.6 Å². The number of fused-ring (bicyclic) bond motifs is 1. The van der Waals surface area contributed by atoms with Crippen LogP contribution in [0.1, 0.15) is 36.7 Å². The highest BCUT2D eigenvalue weighted by atomic mass is 35.5. The van der Waals surface area contributed by atoms with Gasteiger partial charge in [-0.1, -0.05) is 11.6 Å². The second-order valence-corrected chi connectivity index (χ2v) is 5.75. The summed E-state index contributed by atoms with van der Waals surface area (Å²) in [6, 6.07) is 2.07. The van der Waals surface area contributed by atoms with Gasteiger partial charge in [-0.2, -0.15) is 15.5 Å². The van der Waals surface area contributed by atoms with Crippen LogP contribution in [-0.4, -0.2) is 32.3 Å². The van der Waals surface area contributed by atoms with Crippen LogP contribution in [-0.2, 0) is 24.2 Å². The van der Waals surface area contributed by atoms with Crippen molar-refractivity contribution in [3.05, 3.63) is 28.2 Å². The molecular formula is C15H17ClN6O2. The van der Waals surface area contributed by atoms with Gasteiger partial charge in [0.1, 0.15) is 11.1 Å². The Morgan fingerprint density at radius 3 is 3.08 bits per heavy atom. The summed E-state index contributed by atoms with van der Waals surface area (Å²) in [4.78, 5) is 11.5. The summed E-state index contributed by atoms with van der Waals surface area (Å²) in [5.74, 6) is 0.482. The Balaban J connectivity index is 1.94. The molecule has 0 aliphatic carbocycles. The fourth-order valence-corrected chi connectivity index (χ4v) is 3.04. The lowest BCUT2D eigenvalue weighted by Gasteiger charge is -2.12. The molecule has 0 spiro atoms. The first kappa shape index (κ1) is 16.3. The highest BCUT2D eigenvalue weighted by molar-refractivity contribution is 6.32. The fourth-order valence-electron chi connectivity index (χ4n) is 2.73. The monoisotopic (exact) mass is 348 g/mol. The van der Waals surface area contributed by atoms with Gasteiger partial charge in [0.05, 0.1) is 36.3 Å². The van der Waals surface area contributed by atoms with E-state index < -0.39 is 6.09 Å². The molecule has 3 rings (SSSR count). The average Bonchev–Trinajstić information content (AvgIpc) is 3.14. The number of alkyl carbamates (subject to hydrolysis) is 1. The first-order valence-electron chi connectivity index (χ1n) is 7.78. The van der Waals surface area contributed by atoms with Gasteiger partial charge in [0, 0.05) is 6.54 Å². The molecule has 2 aromatic rings. The molecule has 0 bridgehead atoms. The second-order valence-electron chi connectivity index (χ2n) is 5.37. The van der Waals surface area contributed by atoms with Crippen LogP contribution in [0.25, 0.3) is 5.82 Å². The quantitative estimate of drug-likeness (QED) is 0.913. The molecule has 1 N–H and O–H groups in total. The standard InChI is InChI=1S/C15H17ClN6O2/c1-2-24-15(23)18-9-12-10(7-17)8-19-22(12)14-13(16)11-5-3-4-6-21(11)20-14/h8H,2-6,9H2,1H3,(H,18,23). The summed E-state index contributed by atoms with van der Waals surface area (Å²) >= 11 is 6.47. The number of nitrogens with zero attached hydrogens (tertiary/aromatic N) is 5. The van der Waals surface area contributed by atoms with Gasteiger partial charge in [0.25, 0.3) is 0 Å². The summed E-state index contributed by atoms with van der Waals surface area (Å²) < 4.78 is 8.24. The average molecular weight is 349 g/mol. The lowest BCUT2D eigenvalue weighted by atomic mass is 10.1. The Kier molecular flexibility index (Phi) is 4.71. The molecule has 0 atom stereocenters. The van der Waals surface area contributed by atoms with Crippen molar-refractivity contribution in [2.24, 2.45) is 0 Å². The van der Waals surface area contributed by atoms with E-state index in [1.165, 1.54) is 10.9 Å². The molecule has 1 aliphatic rings. The topological polar surface area (TPSA) is 97.8 Å². The molecule has 1 aliphatic heterocycles. The van der Waals surface area contributed by atoms with Crippen LogP contribution in [0, 0.1) is 11.3 Å². The number of hydrogen-bond donors (Lipinski definition) is 1. The minimum atomic E-state index is -0.552. The molecule has 3 heterocycles. The minimum absolute atomic E-state index is 0.0975. The number of ether oxygens (including phenoxy) is 1. The van der Waals surface area contributed by atoms with Gasteiger partial charge >= 0.3 is 6.09 Å². The van der Waals surface area contributed by atoms with Crippen molar-refractivity contribution in [1.82, 2.24) is 24.9 Å². The van der Waals surface area contributed by atoms with Crippen molar-refractivity contribution < 1.29 is 9.53 Å². The number of halogens is 1. The zero-order valence-electron chi connectivity index (χ0n) is 13.3. The third kappa shape index (κ3) is 2.95. The van der Waals surface area contributed by atoms with Crippen LogP contribution in [0.3, 0.4) is 0 Å². The normalized spacial score (nSPS) is 13.2. The molecule has 9 heteroatoms. The minimum Gasteiger partial charge on any atom is -0.450 e. The van der Waals surface area contributed by atoms with Gasteiger partial charge in [0.2, 0.25) is 0 Å². The number of carbonyl (C=O) groups excluding carboxylic acids is 1. The maximum Gasteiger partial charge on any atom is 0.407 e. The number of nitrogens with one attached hydrogen (secondary N) is 1. The molecule has 0 saturated carbocycles. The number of carbonyl (C=O) groups is 1. The molecular weight excluding hydrogens is 332 g/mol. The van der Waals surface area contributed by atoms with E-state index in [4.69, 9.17) is 16.3 Å². The zero-order valence-corrected chi connectivity index (χ0v) is 14.0. The van der Waals surface area contributed by atoms with Crippen molar-refractivity contribution in [3.63, 3.8) is 0 Å². The Morgan fingerprint density at radius 1 is 1.54 bits per heavy atom. The van der Waals surface area contributed by atoms with E-state index in [0.29, 0.717) is 22.1 Å². The van der Waals surface area contributed by atoms with E-state index in [0.717, 1.165) is 31.5 Å². The Bertz CT molecular complexity index is 804. The van der Waals surface area contributed by atoms with E-state index in [-0.39, 0.29) is 13.2 Å². The zero-order chi connectivity index (χ0) is 17.1. The smallest absolute Gasteiger partial charge is 0.407 e. The number of aromatic nitrogens is 4. The number of amides is 1. The maximum atomic E-state index is 11.5. The van der Waals surface area contributed by atoms with Gasteiger partial charge in [0.15, 0.2) is 5.82 Å². The molecule has 0 aromatic carbocycles. The summed E-state index contributed by atoms with van der Waals surface area (Å²) in [5.41, 5.74) is 1.85. The third-order valence-corrected chi connectivity index (χ3v) is 4.26. The van der Waals surface area contributed by atoms with Crippen LogP contribution in [0.4, 0.5) is 4.79 Å². The summed E-state index contributed by atoms with van der Waals surface area (Å²) in [5, 5.41) is 21.2. The SMILES string of the molecule is CCOC(=O)NCc1c(C#N)cnn1-c1nn2c(c1Cl)CCCC2. The van der Waals surface area contributed by atoms with E-state index >= 15 is 0 Å². The second kappa shape index (κ2) is 6.93. The maximum absolute atomic E-state index is 11.5. The molecule has 0 saturated heterocycles. The first-order valence-corrected chi connectivity index (χ1v) is 8.16. The van der Waals surface area contributed by atoms with Crippen molar-refractivity contribution in [1.29, 1.82) is 5.26 Å². The highest BCUT2D eigenvalue weighted by Crippen LogP contribution is 2.29. The lowest BCUT2D eigenvalue weighted by Crippen LogP contribution is -2.25. The van der Waals surface area contributed by atoms with Crippen molar-refractivity contribution in [2.75, 3.05) is 6.61 Å². The number of nitriles is 1. The molecule has 0 fully saturated rings. The largest absolute Gasteiger partial charge is 0.450 e. The van der Waals surface area contributed by atoms with Crippen LogP contribution in [0.5, 0.6) is 0 Å². The molecule has 8 nitrogen and oxygen atoms in total. The molecule has 126 valence electrons. The highest BCUT2D eigenvalue weighted by Gasteiger charge is 2.23. The lowest BCUT2D eigenvalue weighted by molar-refractivity contribution is 0.151. The van der Waals surface area contributed by atoms with Crippen LogP contribution in [0.2, 0.25) is 5.02 Å². The van der Waals surface area contributed by atoms with Crippen LogP contribution in [0.15, 0.2) is 6.20 Å². The van der Waals surface area contributed by atoms with Gasteiger partial charge in [-0.3, -0.25) is 4.68 Å². The van der Waals surface area contributed by atoms with Crippen molar-refractivity contribution in [3.8, 4) is 11.9 Å². The molecule has 2 aromatic heterocycles. The summed E-state index contributed by atoms with van der Waals surface area (Å²) in [6.45, 7) is 2.91. The van der Waals surface area contributed by atoms with E-state index in [9.17, 15) is 10.1 Å². The predicted molar refractivity (Wildman–Crippen MR) is 85.9 cm³/mol. The van der Waals surface area contributed by atoms with Gasteiger partial charge < -0.3 is 10.1 Å². The number of rotatable bonds is 4. The van der Waals surface area contributed by atoms with Gasteiger partial charge in [-0.05, 0) is 26.2 Å². The molecule has 24 heavy (non-hydrogen) atoms. The van der Waals surface area contributed by atoms with Crippen LogP contribution < -0.4 is 5.32 Å². The fraction of sp³-hybridized carbons (Fsp3) is 0.467. The third-order valence-electron chi connectivity index (χ3n) is 3.88. The van der Waals surface area contributed by atoms with E-state index in [1.807, 2.05) is 4.68 Å². The van der Waals surface area contributed by atoms with Gasteiger partial charge in [-0.25, -0.2) is 9.48 Å². The number of hydrogen-bond acceptors (Lipinski definition) is 5. The summed E-state index contributed by atoms with van der Waals surface area (Å²) in [7, 11) is 0.